The number of carbonyl (C=O) groups is 1. The third-order valence-corrected chi connectivity index (χ3v) is 4.49. The zero-order valence-corrected chi connectivity index (χ0v) is 14.1. The molecule has 2 aromatic heterocycles. The molecule has 0 spiro atoms. The average molecular weight is 328 g/mol. The van der Waals surface area contributed by atoms with Crippen LogP contribution in [-0.2, 0) is 17.9 Å². The standard InChI is InChI=1S/C18H24N4O2/c1-3-18(23)21(13-17-10-9-14(2)24-17)11-15-12-22(20-19-15)16-7-5-4-6-8-16/h3,9-10,12,16H,1,4-8,11,13H2,2H3. The van der Waals surface area contributed by atoms with Crippen molar-refractivity contribution >= 4 is 5.91 Å². The van der Waals surface area contributed by atoms with E-state index in [1.54, 1.807) is 4.90 Å². The summed E-state index contributed by atoms with van der Waals surface area (Å²) in [6.07, 6.45) is 9.40. The SMILES string of the molecule is C=CC(=O)N(Cc1cn(C2CCCCC2)nn1)Cc1ccc(C)o1. The van der Waals surface area contributed by atoms with E-state index in [1.807, 2.05) is 29.9 Å². The molecule has 0 unspecified atom stereocenters. The monoisotopic (exact) mass is 328 g/mol. The van der Waals surface area contributed by atoms with Crippen LogP contribution in [0.2, 0.25) is 0 Å². The second kappa shape index (κ2) is 7.47. The predicted octanol–water partition coefficient (Wildman–Crippen LogP) is 3.40. The number of amides is 1. The molecule has 24 heavy (non-hydrogen) atoms. The van der Waals surface area contributed by atoms with E-state index in [2.05, 4.69) is 16.9 Å². The molecule has 6 nitrogen and oxygen atoms in total. The number of aromatic nitrogens is 3. The highest BCUT2D eigenvalue weighted by molar-refractivity contribution is 5.86. The maximum Gasteiger partial charge on any atom is 0.246 e. The summed E-state index contributed by atoms with van der Waals surface area (Å²) in [6, 6.07) is 4.22. The van der Waals surface area contributed by atoms with Gasteiger partial charge in [-0.25, -0.2) is 4.68 Å². The van der Waals surface area contributed by atoms with E-state index in [0.717, 1.165) is 30.1 Å². The molecule has 0 bridgehead atoms. The molecule has 1 amide bonds. The van der Waals surface area contributed by atoms with Crippen LogP contribution in [0.3, 0.4) is 0 Å². The third kappa shape index (κ3) is 3.93. The lowest BCUT2D eigenvalue weighted by atomic mass is 9.96. The summed E-state index contributed by atoms with van der Waals surface area (Å²) in [5.41, 5.74) is 0.791. The van der Waals surface area contributed by atoms with E-state index in [0.29, 0.717) is 19.1 Å². The minimum Gasteiger partial charge on any atom is -0.464 e. The number of hydrogen-bond acceptors (Lipinski definition) is 4. The van der Waals surface area contributed by atoms with Gasteiger partial charge in [0.25, 0.3) is 0 Å². The number of furan rings is 1. The second-order valence-corrected chi connectivity index (χ2v) is 6.39. The van der Waals surface area contributed by atoms with Crippen LogP contribution in [-0.4, -0.2) is 25.8 Å². The summed E-state index contributed by atoms with van der Waals surface area (Å²) in [4.78, 5) is 13.8. The van der Waals surface area contributed by atoms with Crippen LogP contribution in [0.25, 0.3) is 0 Å². The van der Waals surface area contributed by atoms with Crippen LogP contribution in [0.1, 0.15) is 55.4 Å². The van der Waals surface area contributed by atoms with Gasteiger partial charge in [-0.2, -0.15) is 0 Å². The van der Waals surface area contributed by atoms with Gasteiger partial charge in [-0.15, -0.1) is 5.10 Å². The molecule has 6 heteroatoms. The minimum absolute atomic E-state index is 0.142. The Bertz CT molecular complexity index is 697. The lowest BCUT2D eigenvalue weighted by molar-refractivity contribution is -0.127. The molecule has 1 saturated carbocycles. The van der Waals surface area contributed by atoms with Gasteiger partial charge in [0.15, 0.2) is 0 Å². The number of carbonyl (C=O) groups excluding carboxylic acids is 1. The number of hydrogen-bond donors (Lipinski definition) is 0. The molecule has 0 aliphatic heterocycles. The molecule has 1 aliphatic rings. The van der Waals surface area contributed by atoms with Gasteiger partial charge in [0.1, 0.15) is 17.2 Å². The van der Waals surface area contributed by atoms with Gasteiger partial charge < -0.3 is 9.32 Å². The Morgan fingerprint density at radius 3 is 2.83 bits per heavy atom. The van der Waals surface area contributed by atoms with Gasteiger partial charge in [0.05, 0.1) is 25.3 Å². The van der Waals surface area contributed by atoms with Crippen LogP contribution < -0.4 is 0 Å². The summed E-state index contributed by atoms with van der Waals surface area (Å²) in [7, 11) is 0. The first kappa shape index (κ1) is 16.5. The van der Waals surface area contributed by atoms with Crippen LogP contribution in [0.15, 0.2) is 35.4 Å². The quantitative estimate of drug-likeness (QED) is 0.762. The van der Waals surface area contributed by atoms with Gasteiger partial charge in [-0.1, -0.05) is 31.1 Å². The van der Waals surface area contributed by atoms with Crippen LogP contribution in [0.4, 0.5) is 0 Å². The zero-order chi connectivity index (χ0) is 16.9. The Morgan fingerprint density at radius 1 is 1.38 bits per heavy atom. The predicted molar refractivity (Wildman–Crippen MR) is 90.0 cm³/mol. The molecule has 0 atom stereocenters. The topological polar surface area (TPSA) is 64.2 Å². The van der Waals surface area contributed by atoms with Crippen molar-refractivity contribution in [1.29, 1.82) is 0 Å². The number of nitrogens with zero attached hydrogens (tertiary/aromatic N) is 4. The largest absolute Gasteiger partial charge is 0.464 e. The fourth-order valence-corrected chi connectivity index (χ4v) is 3.20. The average Bonchev–Trinajstić information content (AvgIpc) is 3.23. The van der Waals surface area contributed by atoms with Gasteiger partial charge in [-0.3, -0.25) is 4.79 Å². The van der Waals surface area contributed by atoms with Crippen LogP contribution >= 0.6 is 0 Å². The molecule has 0 radical (unpaired) electrons. The second-order valence-electron chi connectivity index (χ2n) is 6.39. The van der Waals surface area contributed by atoms with Gasteiger partial charge >= 0.3 is 0 Å². The molecule has 3 rings (SSSR count). The maximum atomic E-state index is 12.1. The number of rotatable bonds is 6. The van der Waals surface area contributed by atoms with Crippen molar-refractivity contribution in [3.63, 3.8) is 0 Å². The van der Waals surface area contributed by atoms with E-state index >= 15 is 0 Å². The van der Waals surface area contributed by atoms with E-state index in [9.17, 15) is 4.79 Å². The molecular formula is C18H24N4O2. The maximum absolute atomic E-state index is 12.1. The zero-order valence-electron chi connectivity index (χ0n) is 14.1. The van der Waals surface area contributed by atoms with Gasteiger partial charge in [-0.05, 0) is 38.0 Å². The molecule has 128 valence electrons. The molecule has 1 fully saturated rings. The van der Waals surface area contributed by atoms with E-state index in [-0.39, 0.29) is 5.91 Å². The molecule has 2 heterocycles. The Labute approximate surface area is 142 Å². The normalized spacial score (nSPS) is 15.4. The van der Waals surface area contributed by atoms with Crippen molar-refractivity contribution in [2.45, 2.75) is 58.2 Å². The first-order valence-electron chi connectivity index (χ1n) is 8.53. The van der Waals surface area contributed by atoms with Crippen LogP contribution in [0.5, 0.6) is 0 Å². The molecule has 0 N–H and O–H groups in total. The summed E-state index contributed by atoms with van der Waals surface area (Å²) >= 11 is 0. The van der Waals surface area contributed by atoms with Gasteiger partial charge in [0, 0.05) is 0 Å². The summed E-state index contributed by atoms with van der Waals surface area (Å²) in [5.74, 6) is 1.44. The van der Waals surface area contributed by atoms with E-state index < -0.39 is 0 Å². The fourth-order valence-electron chi connectivity index (χ4n) is 3.20. The smallest absolute Gasteiger partial charge is 0.246 e. The highest BCUT2D eigenvalue weighted by atomic mass is 16.3. The van der Waals surface area contributed by atoms with E-state index in [1.165, 1.54) is 25.3 Å². The summed E-state index contributed by atoms with van der Waals surface area (Å²) < 4.78 is 7.54. The molecule has 0 aromatic carbocycles. The highest BCUT2D eigenvalue weighted by Gasteiger charge is 2.19. The van der Waals surface area contributed by atoms with Gasteiger partial charge in [0.2, 0.25) is 5.91 Å². The first-order chi connectivity index (χ1) is 11.7. The van der Waals surface area contributed by atoms with E-state index in [4.69, 9.17) is 4.42 Å². The molecule has 1 aliphatic carbocycles. The van der Waals surface area contributed by atoms with Crippen molar-refractivity contribution in [2.75, 3.05) is 0 Å². The Balaban J connectivity index is 1.69. The Morgan fingerprint density at radius 2 is 2.17 bits per heavy atom. The lowest BCUT2D eigenvalue weighted by Gasteiger charge is -2.21. The Kier molecular flexibility index (Phi) is 5.13. The summed E-state index contributed by atoms with van der Waals surface area (Å²) in [6.45, 7) is 6.27. The fraction of sp³-hybridized carbons (Fsp3) is 0.500. The first-order valence-corrected chi connectivity index (χ1v) is 8.53. The lowest BCUT2D eigenvalue weighted by Crippen LogP contribution is -2.28. The highest BCUT2D eigenvalue weighted by Crippen LogP contribution is 2.27. The van der Waals surface area contributed by atoms with Crippen molar-refractivity contribution in [3.05, 3.63) is 48.2 Å². The summed E-state index contributed by atoms with van der Waals surface area (Å²) in [5, 5.41) is 8.52. The minimum atomic E-state index is -0.142. The molecule has 2 aromatic rings. The van der Waals surface area contributed by atoms with Crippen molar-refractivity contribution in [3.8, 4) is 0 Å². The van der Waals surface area contributed by atoms with Crippen molar-refractivity contribution in [1.82, 2.24) is 19.9 Å². The van der Waals surface area contributed by atoms with Crippen LogP contribution in [0, 0.1) is 6.92 Å². The van der Waals surface area contributed by atoms with Crippen molar-refractivity contribution in [2.24, 2.45) is 0 Å². The third-order valence-electron chi connectivity index (χ3n) is 4.49. The molecule has 0 saturated heterocycles. The molecular weight excluding hydrogens is 304 g/mol. The van der Waals surface area contributed by atoms with Crippen molar-refractivity contribution < 1.29 is 9.21 Å². The number of aryl methyl sites for hydroxylation is 1. The Hall–Kier alpha value is -2.37.